The molecule has 0 amide bonds. The van der Waals surface area contributed by atoms with Gasteiger partial charge in [0.25, 0.3) is 0 Å². The second-order valence-electron chi connectivity index (χ2n) is 6.11. The van der Waals surface area contributed by atoms with Gasteiger partial charge < -0.3 is 10.6 Å². The molecule has 0 aliphatic heterocycles. The van der Waals surface area contributed by atoms with Gasteiger partial charge in [0.2, 0.25) is 10.0 Å². The van der Waals surface area contributed by atoms with Crippen LogP contribution in [0, 0.1) is 13.8 Å². The monoisotopic (exact) mass is 402 g/mol. The van der Waals surface area contributed by atoms with E-state index in [2.05, 4.69) is 35.6 Å². The minimum Gasteiger partial charge on any atom is -0.367 e. The summed E-state index contributed by atoms with van der Waals surface area (Å²) in [5.41, 5.74) is 1.94. The molecule has 0 saturated heterocycles. The first-order chi connectivity index (χ1) is 13.4. The number of sulfonamides is 1. The summed E-state index contributed by atoms with van der Waals surface area (Å²) in [7, 11) is -1.90. The summed E-state index contributed by atoms with van der Waals surface area (Å²) >= 11 is 0. The average molecular weight is 402 g/mol. The molecule has 11 heteroatoms. The molecule has 3 rings (SSSR count). The molecular weight excluding hydrogens is 380 g/mol. The molecule has 0 radical (unpaired) electrons. The van der Waals surface area contributed by atoms with Crippen LogP contribution in [-0.4, -0.2) is 46.5 Å². The molecule has 3 aromatic rings. The molecular formula is C17H22N8O2S. The largest absolute Gasteiger partial charge is 0.367 e. The summed E-state index contributed by atoms with van der Waals surface area (Å²) < 4.78 is 29.1. The molecule has 28 heavy (non-hydrogen) atoms. The van der Waals surface area contributed by atoms with Gasteiger partial charge in [-0.2, -0.15) is 5.10 Å². The predicted molar refractivity (Wildman–Crippen MR) is 106 cm³/mol. The third-order valence-corrected chi connectivity index (χ3v) is 5.76. The Morgan fingerprint density at radius 1 is 1.00 bits per heavy atom. The van der Waals surface area contributed by atoms with Gasteiger partial charge in [-0.3, -0.25) is 9.67 Å². The van der Waals surface area contributed by atoms with E-state index in [1.807, 2.05) is 12.1 Å². The van der Waals surface area contributed by atoms with E-state index in [0.717, 1.165) is 5.69 Å². The molecule has 0 fully saturated rings. The van der Waals surface area contributed by atoms with Gasteiger partial charge in [-0.25, -0.2) is 13.1 Å². The highest BCUT2D eigenvalue weighted by Crippen LogP contribution is 2.18. The van der Waals surface area contributed by atoms with E-state index in [0.29, 0.717) is 29.6 Å². The maximum atomic E-state index is 12.5. The van der Waals surface area contributed by atoms with Crippen LogP contribution in [0.5, 0.6) is 0 Å². The number of aromatic nitrogens is 5. The first-order valence-corrected chi connectivity index (χ1v) is 10.1. The number of nitrogens with zero attached hydrogens (tertiary/aromatic N) is 5. The molecule has 0 aromatic carbocycles. The lowest BCUT2D eigenvalue weighted by atomic mass is 10.4. The fraction of sp³-hybridized carbons (Fsp3) is 0.294. The van der Waals surface area contributed by atoms with Crippen LogP contribution in [0.25, 0.3) is 0 Å². The molecule has 0 aliphatic rings. The van der Waals surface area contributed by atoms with Crippen molar-refractivity contribution in [1.29, 1.82) is 0 Å². The van der Waals surface area contributed by atoms with Crippen molar-refractivity contribution < 1.29 is 8.42 Å². The van der Waals surface area contributed by atoms with Gasteiger partial charge in [0.15, 0.2) is 5.82 Å². The molecule has 10 nitrogen and oxygen atoms in total. The van der Waals surface area contributed by atoms with Crippen LogP contribution < -0.4 is 15.4 Å². The van der Waals surface area contributed by atoms with Crippen LogP contribution in [0.4, 0.5) is 17.3 Å². The van der Waals surface area contributed by atoms with Gasteiger partial charge in [0, 0.05) is 38.2 Å². The van der Waals surface area contributed by atoms with Gasteiger partial charge in [0.05, 0.1) is 11.4 Å². The van der Waals surface area contributed by atoms with Crippen molar-refractivity contribution in [2.75, 3.05) is 23.7 Å². The third-order valence-electron chi connectivity index (χ3n) is 4.05. The van der Waals surface area contributed by atoms with Crippen molar-refractivity contribution in [3.05, 3.63) is 48.0 Å². The molecule has 3 aromatic heterocycles. The van der Waals surface area contributed by atoms with E-state index in [-0.39, 0.29) is 11.4 Å². The Morgan fingerprint density at radius 2 is 1.68 bits per heavy atom. The van der Waals surface area contributed by atoms with E-state index in [1.165, 1.54) is 0 Å². The highest BCUT2D eigenvalue weighted by Gasteiger charge is 2.23. The van der Waals surface area contributed by atoms with Crippen molar-refractivity contribution in [2.24, 2.45) is 7.05 Å². The predicted octanol–water partition coefficient (Wildman–Crippen LogP) is 1.36. The number of anilines is 3. The zero-order valence-electron chi connectivity index (χ0n) is 15.8. The summed E-state index contributed by atoms with van der Waals surface area (Å²) in [4.78, 5) is 4.17. The SMILES string of the molecule is Cc1nn(C)c(C)c1S(=O)(=O)NCCNc1ccc(Nc2ccncc2)nn1. The molecule has 148 valence electrons. The Balaban J connectivity index is 1.51. The molecule has 0 saturated carbocycles. The van der Waals surface area contributed by atoms with Gasteiger partial charge in [-0.05, 0) is 38.1 Å². The molecule has 0 aliphatic carbocycles. The number of hydrogen-bond acceptors (Lipinski definition) is 8. The van der Waals surface area contributed by atoms with E-state index >= 15 is 0 Å². The first-order valence-electron chi connectivity index (χ1n) is 8.61. The van der Waals surface area contributed by atoms with Crippen molar-refractivity contribution in [3.8, 4) is 0 Å². The lowest BCUT2D eigenvalue weighted by Crippen LogP contribution is -2.29. The standard InChI is InChI=1S/C17H22N8O2S/c1-12-17(13(2)25(3)24-12)28(26,27)20-11-10-19-15-4-5-16(23-22-15)21-14-6-8-18-9-7-14/h4-9,20H,10-11H2,1-3H3,(H,19,22)(H,18,21,23). The highest BCUT2D eigenvalue weighted by molar-refractivity contribution is 7.89. The number of nitrogens with one attached hydrogen (secondary N) is 3. The number of hydrogen-bond donors (Lipinski definition) is 3. The minimum atomic E-state index is -3.62. The highest BCUT2D eigenvalue weighted by atomic mass is 32.2. The summed E-state index contributed by atoms with van der Waals surface area (Å²) in [6.07, 6.45) is 3.36. The van der Waals surface area contributed by atoms with Crippen molar-refractivity contribution in [1.82, 2.24) is 29.7 Å². The lowest BCUT2D eigenvalue weighted by molar-refractivity contribution is 0.581. The van der Waals surface area contributed by atoms with Crippen LogP contribution >= 0.6 is 0 Å². The Kier molecular flexibility index (Phi) is 5.85. The maximum absolute atomic E-state index is 12.5. The fourth-order valence-electron chi connectivity index (χ4n) is 2.67. The lowest BCUT2D eigenvalue weighted by Gasteiger charge is -2.09. The number of aryl methyl sites for hydroxylation is 2. The number of rotatable bonds is 8. The molecule has 0 atom stereocenters. The van der Waals surface area contributed by atoms with E-state index in [1.54, 1.807) is 50.1 Å². The van der Waals surface area contributed by atoms with E-state index in [4.69, 9.17) is 0 Å². The van der Waals surface area contributed by atoms with Gasteiger partial charge >= 0.3 is 0 Å². The fourth-order valence-corrected chi connectivity index (χ4v) is 4.13. The Morgan fingerprint density at radius 3 is 2.29 bits per heavy atom. The van der Waals surface area contributed by atoms with Crippen molar-refractivity contribution in [2.45, 2.75) is 18.7 Å². The quantitative estimate of drug-likeness (QED) is 0.482. The topological polar surface area (TPSA) is 127 Å². The third kappa shape index (κ3) is 4.61. The minimum absolute atomic E-state index is 0.203. The van der Waals surface area contributed by atoms with Crippen molar-refractivity contribution >= 4 is 27.3 Å². The smallest absolute Gasteiger partial charge is 0.244 e. The van der Waals surface area contributed by atoms with E-state index < -0.39 is 10.0 Å². The zero-order chi connectivity index (χ0) is 20.1. The molecule has 0 spiro atoms. The number of pyridine rings is 1. The summed E-state index contributed by atoms with van der Waals surface area (Å²) in [5, 5.41) is 18.4. The normalized spacial score (nSPS) is 11.4. The first kappa shape index (κ1) is 19.7. The van der Waals surface area contributed by atoms with Crippen LogP contribution in [0.2, 0.25) is 0 Å². The Hall–Kier alpha value is -3.05. The average Bonchev–Trinajstić information content (AvgIpc) is 2.93. The Bertz CT molecular complexity index is 1030. The van der Waals surface area contributed by atoms with Crippen LogP contribution in [-0.2, 0) is 17.1 Å². The van der Waals surface area contributed by atoms with E-state index in [9.17, 15) is 8.42 Å². The van der Waals surface area contributed by atoms with Crippen molar-refractivity contribution in [3.63, 3.8) is 0 Å². The molecule has 0 bridgehead atoms. The van der Waals surface area contributed by atoms with Crippen LogP contribution in [0.3, 0.4) is 0 Å². The zero-order valence-corrected chi connectivity index (χ0v) is 16.7. The maximum Gasteiger partial charge on any atom is 0.244 e. The van der Waals surface area contributed by atoms with Gasteiger partial charge in [0.1, 0.15) is 10.7 Å². The summed E-state index contributed by atoms with van der Waals surface area (Å²) in [5.74, 6) is 1.15. The second kappa shape index (κ2) is 8.31. The molecule has 0 unspecified atom stereocenters. The summed E-state index contributed by atoms with van der Waals surface area (Å²) in [6.45, 7) is 3.97. The Labute approximate surface area is 163 Å². The molecule has 3 N–H and O–H groups in total. The van der Waals surface area contributed by atoms with Crippen LogP contribution in [0.15, 0.2) is 41.6 Å². The van der Waals surface area contributed by atoms with Crippen LogP contribution in [0.1, 0.15) is 11.4 Å². The molecule has 3 heterocycles. The summed E-state index contributed by atoms with van der Waals surface area (Å²) in [6, 6.07) is 7.19. The van der Waals surface area contributed by atoms with Gasteiger partial charge in [-0.15, -0.1) is 10.2 Å². The van der Waals surface area contributed by atoms with Gasteiger partial charge in [-0.1, -0.05) is 0 Å². The second-order valence-corrected chi connectivity index (χ2v) is 7.82.